The molecule has 1 nitrogen and oxygen atoms in total. The first-order chi connectivity index (χ1) is 9.42. The normalized spacial score (nSPS) is 12.5. The molecular weight excluding hydrogens is 348 g/mol. The molecule has 5 heteroatoms. The van der Waals surface area contributed by atoms with Crippen molar-refractivity contribution in [1.82, 2.24) is 5.32 Å². The largest absolute Gasteiger partial charge is 0.309 e. The molecule has 106 valence electrons. The molecule has 1 atom stereocenters. The summed E-state index contributed by atoms with van der Waals surface area (Å²) < 4.78 is 28.2. The molecule has 0 bridgehead atoms. The van der Waals surface area contributed by atoms with Crippen LogP contribution in [0.3, 0.4) is 0 Å². The maximum Gasteiger partial charge on any atom is 0.131 e. The van der Waals surface area contributed by atoms with Crippen molar-refractivity contribution in [3.05, 3.63) is 68.2 Å². The standard InChI is InChI=1S/C15H13BrClF2N/c1-8-3-12(14(19)7-13(8)18)15(20-2)9-4-10(16)6-11(17)5-9/h3-7,15,20H,1-2H3. The van der Waals surface area contributed by atoms with Crippen LogP contribution in [0.15, 0.2) is 34.8 Å². The molecule has 0 fully saturated rings. The van der Waals surface area contributed by atoms with Crippen LogP contribution in [-0.2, 0) is 0 Å². The summed E-state index contributed by atoms with van der Waals surface area (Å²) in [6.07, 6.45) is 0. The molecule has 1 N–H and O–H groups in total. The number of benzene rings is 2. The second kappa shape index (κ2) is 6.20. The number of hydrogen-bond donors (Lipinski definition) is 1. The maximum atomic E-state index is 14.0. The summed E-state index contributed by atoms with van der Waals surface area (Å²) in [5, 5.41) is 3.58. The predicted molar refractivity (Wildman–Crippen MR) is 81.1 cm³/mol. The van der Waals surface area contributed by atoms with Crippen molar-refractivity contribution in [2.24, 2.45) is 0 Å². The summed E-state index contributed by atoms with van der Waals surface area (Å²) in [5.74, 6) is -1.13. The Hall–Kier alpha value is -0.970. The van der Waals surface area contributed by atoms with Gasteiger partial charge in [0.15, 0.2) is 0 Å². The van der Waals surface area contributed by atoms with Gasteiger partial charge < -0.3 is 5.32 Å². The van der Waals surface area contributed by atoms with Gasteiger partial charge >= 0.3 is 0 Å². The topological polar surface area (TPSA) is 12.0 Å². The van der Waals surface area contributed by atoms with E-state index >= 15 is 0 Å². The van der Waals surface area contributed by atoms with Gasteiger partial charge in [-0.2, -0.15) is 0 Å². The van der Waals surface area contributed by atoms with Crippen LogP contribution < -0.4 is 5.32 Å². The van der Waals surface area contributed by atoms with Gasteiger partial charge in [-0.1, -0.05) is 27.5 Å². The minimum Gasteiger partial charge on any atom is -0.309 e. The van der Waals surface area contributed by atoms with Crippen LogP contribution in [0.25, 0.3) is 0 Å². The summed E-state index contributed by atoms with van der Waals surface area (Å²) in [6, 6.07) is 7.39. The monoisotopic (exact) mass is 359 g/mol. The minimum absolute atomic E-state index is 0.389. The van der Waals surface area contributed by atoms with Gasteiger partial charge in [0.2, 0.25) is 0 Å². The molecule has 0 saturated heterocycles. The zero-order chi connectivity index (χ0) is 14.9. The Morgan fingerprint density at radius 1 is 1.10 bits per heavy atom. The molecule has 0 radical (unpaired) electrons. The van der Waals surface area contributed by atoms with Gasteiger partial charge in [-0.3, -0.25) is 0 Å². The fourth-order valence-electron chi connectivity index (χ4n) is 2.14. The molecular formula is C15H13BrClF2N. The zero-order valence-corrected chi connectivity index (χ0v) is 13.3. The third kappa shape index (κ3) is 3.19. The molecule has 20 heavy (non-hydrogen) atoms. The first-order valence-corrected chi connectivity index (χ1v) is 7.18. The summed E-state index contributed by atoms with van der Waals surface area (Å²) >= 11 is 9.39. The Labute approximate surface area is 130 Å². The first kappa shape index (κ1) is 15.4. The Bertz CT molecular complexity index is 626. The lowest BCUT2D eigenvalue weighted by molar-refractivity contribution is 0.547. The molecule has 0 saturated carbocycles. The van der Waals surface area contributed by atoms with Crippen LogP contribution in [0.1, 0.15) is 22.7 Å². The fraction of sp³-hybridized carbons (Fsp3) is 0.200. The Balaban J connectivity index is 2.55. The molecule has 0 aliphatic rings. The van der Waals surface area contributed by atoms with Crippen LogP contribution in [0, 0.1) is 18.6 Å². The number of rotatable bonds is 3. The van der Waals surface area contributed by atoms with E-state index in [2.05, 4.69) is 21.2 Å². The molecule has 0 aliphatic heterocycles. The smallest absolute Gasteiger partial charge is 0.131 e. The highest BCUT2D eigenvalue weighted by Crippen LogP contribution is 2.30. The number of hydrogen-bond acceptors (Lipinski definition) is 1. The van der Waals surface area contributed by atoms with Gasteiger partial charge in [0.05, 0.1) is 6.04 Å². The van der Waals surface area contributed by atoms with Crippen molar-refractivity contribution in [3.8, 4) is 0 Å². The number of nitrogens with one attached hydrogen (secondary N) is 1. The minimum atomic E-state index is -0.580. The van der Waals surface area contributed by atoms with Crippen LogP contribution in [0.2, 0.25) is 5.02 Å². The highest BCUT2D eigenvalue weighted by atomic mass is 79.9. The van der Waals surface area contributed by atoms with Crippen LogP contribution in [-0.4, -0.2) is 7.05 Å². The maximum absolute atomic E-state index is 14.0. The lowest BCUT2D eigenvalue weighted by atomic mass is 9.96. The second-order valence-corrected chi connectivity index (χ2v) is 5.90. The van der Waals surface area contributed by atoms with E-state index in [0.29, 0.717) is 16.1 Å². The van der Waals surface area contributed by atoms with Crippen molar-refractivity contribution >= 4 is 27.5 Å². The third-order valence-corrected chi connectivity index (χ3v) is 3.77. The van der Waals surface area contributed by atoms with Crippen molar-refractivity contribution in [2.45, 2.75) is 13.0 Å². The highest BCUT2D eigenvalue weighted by Gasteiger charge is 2.19. The lowest BCUT2D eigenvalue weighted by Crippen LogP contribution is -2.19. The lowest BCUT2D eigenvalue weighted by Gasteiger charge is -2.19. The van der Waals surface area contributed by atoms with E-state index in [4.69, 9.17) is 11.6 Å². The van der Waals surface area contributed by atoms with Gasteiger partial charge in [-0.05, 0) is 49.4 Å². The molecule has 2 aromatic carbocycles. The SMILES string of the molecule is CNC(c1cc(Cl)cc(Br)c1)c1cc(C)c(F)cc1F. The Kier molecular flexibility index (Phi) is 4.78. The van der Waals surface area contributed by atoms with E-state index in [9.17, 15) is 8.78 Å². The first-order valence-electron chi connectivity index (χ1n) is 6.01. The van der Waals surface area contributed by atoms with Crippen molar-refractivity contribution in [1.29, 1.82) is 0 Å². The van der Waals surface area contributed by atoms with Crippen molar-refractivity contribution in [2.75, 3.05) is 7.05 Å². The number of aryl methyl sites for hydroxylation is 1. The van der Waals surface area contributed by atoms with E-state index in [1.807, 2.05) is 6.07 Å². The average molecular weight is 361 g/mol. The van der Waals surface area contributed by atoms with Gasteiger partial charge in [-0.15, -0.1) is 0 Å². The van der Waals surface area contributed by atoms with Crippen LogP contribution in [0.4, 0.5) is 8.78 Å². The van der Waals surface area contributed by atoms with E-state index in [1.54, 1.807) is 26.1 Å². The third-order valence-electron chi connectivity index (χ3n) is 3.10. The Morgan fingerprint density at radius 3 is 2.40 bits per heavy atom. The summed E-state index contributed by atoms with van der Waals surface area (Å²) in [6.45, 7) is 1.61. The van der Waals surface area contributed by atoms with Crippen molar-refractivity contribution < 1.29 is 8.78 Å². The van der Waals surface area contributed by atoms with E-state index in [1.165, 1.54) is 6.07 Å². The van der Waals surface area contributed by atoms with Gasteiger partial charge in [0, 0.05) is 21.1 Å². The summed E-state index contributed by atoms with van der Waals surface area (Å²) in [5.41, 5.74) is 1.60. The quantitative estimate of drug-likeness (QED) is 0.812. The fourth-order valence-corrected chi connectivity index (χ4v) is 3.03. The van der Waals surface area contributed by atoms with E-state index in [-0.39, 0.29) is 0 Å². The van der Waals surface area contributed by atoms with Crippen LogP contribution in [0.5, 0.6) is 0 Å². The van der Waals surface area contributed by atoms with E-state index < -0.39 is 17.7 Å². The van der Waals surface area contributed by atoms with Crippen molar-refractivity contribution in [3.63, 3.8) is 0 Å². The molecule has 0 spiro atoms. The molecule has 1 unspecified atom stereocenters. The van der Waals surface area contributed by atoms with Gasteiger partial charge in [-0.25, -0.2) is 8.78 Å². The van der Waals surface area contributed by atoms with Gasteiger partial charge in [0.25, 0.3) is 0 Å². The molecule has 2 aromatic rings. The molecule has 0 heterocycles. The van der Waals surface area contributed by atoms with Crippen LogP contribution >= 0.6 is 27.5 Å². The highest BCUT2D eigenvalue weighted by molar-refractivity contribution is 9.10. The second-order valence-electron chi connectivity index (χ2n) is 4.55. The summed E-state index contributed by atoms with van der Waals surface area (Å²) in [4.78, 5) is 0. The summed E-state index contributed by atoms with van der Waals surface area (Å²) in [7, 11) is 1.72. The number of halogens is 4. The average Bonchev–Trinajstić information content (AvgIpc) is 2.35. The van der Waals surface area contributed by atoms with E-state index in [0.717, 1.165) is 16.1 Å². The molecule has 2 rings (SSSR count). The molecule has 0 amide bonds. The van der Waals surface area contributed by atoms with Gasteiger partial charge in [0.1, 0.15) is 11.6 Å². The molecule has 0 aromatic heterocycles. The Morgan fingerprint density at radius 2 is 1.80 bits per heavy atom. The predicted octanol–water partition coefficient (Wildman–Crippen LogP) is 5.00. The zero-order valence-electron chi connectivity index (χ0n) is 11.0. The molecule has 0 aliphatic carbocycles.